The molecule has 9 atom stereocenters. The minimum Gasteiger partial charge on any atom is -0.393 e. The fourth-order valence-corrected chi connectivity index (χ4v) is 9.00. The Labute approximate surface area is 183 Å². The van der Waals surface area contributed by atoms with Crippen LogP contribution in [0.15, 0.2) is 0 Å². The van der Waals surface area contributed by atoms with Crippen LogP contribution in [0.2, 0.25) is 0 Å². The first-order valence-electron chi connectivity index (χ1n) is 12.8. The van der Waals surface area contributed by atoms with Crippen molar-refractivity contribution >= 4 is 11.6 Å². The van der Waals surface area contributed by atoms with Gasteiger partial charge < -0.3 is 5.11 Å². The van der Waals surface area contributed by atoms with Crippen molar-refractivity contribution in [2.75, 3.05) is 0 Å². The normalized spacial score (nSPS) is 47.0. The molecule has 0 radical (unpaired) electrons. The zero-order valence-corrected chi connectivity index (χ0v) is 20.0. The average molecular weight is 417 g/mol. The molecule has 0 aliphatic heterocycles. The molecular formula is C27H44O3. The molecule has 0 unspecified atom stereocenters. The van der Waals surface area contributed by atoms with Gasteiger partial charge in [-0.05, 0) is 72.0 Å². The summed E-state index contributed by atoms with van der Waals surface area (Å²) in [6.07, 6.45) is 9.34. The molecule has 0 amide bonds. The Balaban J connectivity index is 1.56. The maximum Gasteiger partial charge on any atom is 0.137 e. The van der Waals surface area contributed by atoms with Crippen molar-refractivity contribution in [1.29, 1.82) is 0 Å². The summed E-state index contributed by atoms with van der Waals surface area (Å²) in [7, 11) is 0. The van der Waals surface area contributed by atoms with Gasteiger partial charge in [-0.1, -0.05) is 53.9 Å². The molecule has 0 aromatic rings. The van der Waals surface area contributed by atoms with Gasteiger partial charge in [-0.3, -0.25) is 9.59 Å². The highest BCUT2D eigenvalue weighted by Gasteiger charge is 2.65. The summed E-state index contributed by atoms with van der Waals surface area (Å²) >= 11 is 0. The molecule has 170 valence electrons. The lowest BCUT2D eigenvalue weighted by Gasteiger charge is -2.61. The van der Waals surface area contributed by atoms with Crippen LogP contribution < -0.4 is 0 Å². The number of aliphatic hydroxyl groups excluding tert-OH is 1. The lowest BCUT2D eigenvalue weighted by molar-refractivity contribution is -0.180. The van der Waals surface area contributed by atoms with Gasteiger partial charge in [0.15, 0.2) is 0 Å². The Morgan fingerprint density at radius 2 is 1.77 bits per heavy atom. The first kappa shape index (κ1) is 22.5. The Bertz CT molecular complexity index is 684. The fraction of sp³-hybridized carbons (Fsp3) is 0.926. The van der Waals surface area contributed by atoms with Crippen LogP contribution in [0, 0.1) is 52.3 Å². The van der Waals surface area contributed by atoms with E-state index < -0.39 is 0 Å². The number of ketones is 2. The number of carbonyl (C=O) groups excluding carboxylic acids is 2. The fourth-order valence-electron chi connectivity index (χ4n) is 9.00. The average Bonchev–Trinajstić information content (AvgIpc) is 2.99. The Morgan fingerprint density at radius 1 is 1.03 bits per heavy atom. The molecule has 4 fully saturated rings. The zero-order valence-electron chi connectivity index (χ0n) is 20.0. The van der Waals surface area contributed by atoms with Crippen LogP contribution in [0.4, 0.5) is 0 Å². The van der Waals surface area contributed by atoms with Crippen LogP contribution in [0.1, 0.15) is 98.8 Å². The van der Waals surface area contributed by atoms with Crippen LogP contribution in [-0.4, -0.2) is 22.8 Å². The third-order valence-corrected chi connectivity index (χ3v) is 10.4. The van der Waals surface area contributed by atoms with E-state index in [1.807, 2.05) is 0 Å². The molecule has 4 rings (SSSR count). The minimum absolute atomic E-state index is 0.147. The molecule has 30 heavy (non-hydrogen) atoms. The van der Waals surface area contributed by atoms with Crippen LogP contribution in [0.5, 0.6) is 0 Å². The standard InChI is InChI=1S/C27H44O3/c1-16(2)7-6-8-17(3)20-9-10-21-19-14-23(29)22-13-18(28)11-12-26(22,4)25(19)24(30)15-27(20,21)5/h16-17,19-22,24-25,30H,6-15H2,1-5H3/t17-,19+,20-,21+,22-,24-,25-,26+,27-/m1/s1. The first-order chi connectivity index (χ1) is 14.1. The van der Waals surface area contributed by atoms with E-state index in [1.165, 1.54) is 32.1 Å². The van der Waals surface area contributed by atoms with Crippen molar-refractivity contribution in [2.24, 2.45) is 52.3 Å². The highest BCUT2D eigenvalue weighted by molar-refractivity contribution is 5.90. The van der Waals surface area contributed by atoms with E-state index in [0.717, 1.165) is 18.8 Å². The number of hydrogen-bond donors (Lipinski definition) is 1. The molecule has 1 N–H and O–H groups in total. The van der Waals surface area contributed by atoms with Crippen molar-refractivity contribution in [2.45, 2.75) is 105 Å². The summed E-state index contributed by atoms with van der Waals surface area (Å²) in [5.41, 5.74) is -0.0264. The van der Waals surface area contributed by atoms with Crippen molar-refractivity contribution in [3.8, 4) is 0 Å². The van der Waals surface area contributed by atoms with Gasteiger partial charge in [-0.25, -0.2) is 0 Å². The van der Waals surface area contributed by atoms with Crippen molar-refractivity contribution in [3.63, 3.8) is 0 Å². The summed E-state index contributed by atoms with van der Waals surface area (Å²) in [6, 6.07) is 0. The topological polar surface area (TPSA) is 54.4 Å². The summed E-state index contributed by atoms with van der Waals surface area (Å²) in [5.74, 6) is 3.61. The third-order valence-electron chi connectivity index (χ3n) is 10.4. The number of aliphatic hydroxyl groups is 1. The molecule has 0 aromatic carbocycles. The lowest BCUT2D eigenvalue weighted by Crippen LogP contribution is -2.61. The molecule has 0 bridgehead atoms. The molecule has 4 aliphatic carbocycles. The molecule has 0 aromatic heterocycles. The van der Waals surface area contributed by atoms with E-state index in [0.29, 0.717) is 48.7 Å². The van der Waals surface area contributed by atoms with Gasteiger partial charge in [0, 0.05) is 25.2 Å². The number of hydrogen-bond acceptors (Lipinski definition) is 3. The van der Waals surface area contributed by atoms with E-state index in [4.69, 9.17) is 0 Å². The smallest absolute Gasteiger partial charge is 0.137 e. The van der Waals surface area contributed by atoms with Gasteiger partial charge in [0.05, 0.1) is 6.10 Å². The van der Waals surface area contributed by atoms with Crippen LogP contribution in [0.25, 0.3) is 0 Å². The van der Waals surface area contributed by atoms with E-state index >= 15 is 0 Å². The molecule has 3 heteroatoms. The Morgan fingerprint density at radius 3 is 2.47 bits per heavy atom. The summed E-state index contributed by atoms with van der Waals surface area (Å²) in [4.78, 5) is 25.3. The molecule has 0 spiro atoms. The number of rotatable bonds is 5. The SMILES string of the molecule is CC(C)CCC[C@@H](C)[C@H]1CC[C@H]2[C@@H]3CC(=O)[C@H]4CC(=O)CC[C@]4(C)[C@H]3[C@H](O)C[C@]12C. The van der Waals surface area contributed by atoms with Gasteiger partial charge in [0.2, 0.25) is 0 Å². The first-order valence-corrected chi connectivity index (χ1v) is 12.8. The second-order valence-corrected chi connectivity index (χ2v) is 12.5. The molecule has 3 nitrogen and oxygen atoms in total. The van der Waals surface area contributed by atoms with Gasteiger partial charge in [0.1, 0.15) is 11.6 Å². The number of fused-ring (bicyclic) bond motifs is 5. The quantitative estimate of drug-likeness (QED) is 0.614. The van der Waals surface area contributed by atoms with Crippen LogP contribution >= 0.6 is 0 Å². The summed E-state index contributed by atoms with van der Waals surface area (Å²) < 4.78 is 0. The second kappa shape index (κ2) is 8.01. The molecule has 0 heterocycles. The third kappa shape index (κ3) is 3.51. The van der Waals surface area contributed by atoms with Crippen LogP contribution in [0.3, 0.4) is 0 Å². The molecule has 4 saturated carbocycles. The molecule has 4 aliphatic rings. The number of Topliss-reactive ketones (excluding diaryl/α,β-unsaturated/α-hetero) is 2. The Hall–Kier alpha value is -0.700. The minimum atomic E-state index is -0.325. The summed E-state index contributed by atoms with van der Waals surface area (Å²) in [6.45, 7) is 11.7. The van der Waals surface area contributed by atoms with Crippen molar-refractivity contribution < 1.29 is 14.7 Å². The van der Waals surface area contributed by atoms with Gasteiger partial charge in [-0.2, -0.15) is 0 Å². The van der Waals surface area contributed by atoms with Crippen molar-refractivity contribution in [3.05, 3.63) is 0 Å². The maximum atomic E-state index is 13.2. The molecular weight excluding hydrogens is 372 g/mol. The van der Waals surface area contributed by atoms with E-state index in [2.05, 4.69) is 34.6 Å². The highest BCUT2D eigenvalue weighted by Crippen LogP contribution is 2.67. The van der Waals surface area contributed by atoms with E-state index in [-0.39, 0.29) is 34.6 Å². The largest absolute Gasteiger partial charge is 0.393 e. The Kier molecular flexibility index (Phi) is 6.01. The maximum absolute atomic E-state index is 13.2. The van der Waals surface area contributed by atoms with Gasteiger partial charge >= 0.3 is 0 Å². The predicted octanol–water partition coefficient (Wildman–Crippen LogP) is 5.83. The monoisotopic (exact) mass is 416 g/mol. The highest BCUT2D eigenvalue weighted by atomic mass is 16.3. The van der Waals surface area contributed by atoms with Gasteiger partial charge in [-0.15, -0.1) is 0 Å². The van der Waals surface area contributed by atoms with Crippen molar-refractivity contribution in [1.82, 2.24) is 0 Å². The summed E-state index contributed by atoms with van der Waals surface area (Å²) in [5, 5.41) is 11.5. The van der Waals surface area contributed by atoms with Crippen LogP contribution in [-0.2, 0) is 9.59 Å². The van der Waals surface area contributed by atoms with E-state index in [1.54, 1.807) is 0 Å². The molecule has 0 saturated heterocycles. The number of carbonyl (C=O) groups is 2. The van der Waals surface area contributed by atoms with E-state index in [9.17, 15) is 14.7 Å². The lowest BCUT2D eigenvalue weighted by atomic mass is 9.43. The second-order valence-electron chi connectivity index (χ2n) is 12.5. The predicted molar refractivity (Wildman–Crippen MR) is 120 cm³/mol. The van der Waals surface area contributed by atoms with Gasteiger partial charge in [0.25, 0.3) is 0 Å². The zero-order chi connectivity index (χ0) is 21.8.